The Morgan fingerprint density at radius 3 is 1.53 bits per heavy atom. The van der Waals surface area contributed by atoms with Crippen LogP contribution >= 0.6 is 0 Å². The molecule has 0 saturated carbocycles. The predicted molar refractivity (Wildman–Crippen MR) is 40.2 cm³/mol. The van der Waals surface area contributed by atoms with Crippen molar-refractivity contribution in [2.45, 2.75) is 6.42 Å². The Hall–Kier alpha value is -1.99. The Balaban J connectivity index is 3.44. The topological polar surface area (TPSA) is 57.2 Å². The van der Waals surface area contributed by atoms with Gasteiger partial charge >= 0.3 is 0 Å². The summed E-state index contributed by atoms with van der Waals surface area (Å²) in [6.07, 6.45) is -1.49. The number of aliphatic carboxylic acids is 1. The maximum Gasteiger partial charge on any atom is 0.200 e. The number of Topliss-reactive ketones (excluding diaryl/α,β-unsaturated/α-hetero) is 1. The third-order valence-electron chi connectivity index (χ3n) is 1.79. The summed E-state index contributed by atoms with van der Waals surface area (Å²) in [5.74, 6) is -15.6. The molecule has 0 bridgehead atoms. The van der Waals surface area contributed by atoms with Crippen LogP contribution in [0.3, 0.4) is 0 Å². The summed E-state index contributed by atoms with van der Waals surface area (Å²) >= 11 is 0. The molecule has 1 aromatic carbocycles. The van der Waals surface area contributed by atoms with Gasteiger partial charge in [0.1, 0.15) is 0 Å². The molecule has 0 saturated heterocycles. The predicted octanol–water partition coefficient (Wildman–Crippen LogP) is 0.705. The molecule has 0 aromatic heterocycles. The Morgan fingerprint density at radius 1 is 0.824 bits per heavy atom. The van der Waals surface area contributed by atoms with E-state index in [1.165, 1.54) is 0 Å². The van der Waals surface area contributed by atoms with Crippen molar-refractivity contribution < 1.29 is 36.6 Å². The summed E-state index contributed by atoms with van der Waals surface area (Å²) < 4.78 is 63.7. The molecule has 8 heteroatoms. The van der Waals surface area contributed by atoms with E-state index in [0.29, 0.717) is 0 Å². The molecule has 0 heterocycles. The zero-order valence-electron chi connectivity index (χ0n) is 7.82. The molecule has 0 unspecified atom stereocenters. The number of rotatable bonds is 3. The van der Waals surface area contributed by atoms with E-state index in [4.69, 9.17) is 0 Å². The number of carbonyl (C=O) groups is 2. The monoisotopic (exact) mass is 253 g/mol. The van der Waals surface area contributed by atoms with E-state index in [1.807, 2.05) is 0 Å². The summed E-state index contributed by atoms with van der Waals surface area (Å²) in [4.78, 5) is 21.0. The molecule has 17 heavy (non-hydrogen) atoms. The molecule has 0 atom stereocenters. The summed E-state index contributed by atoms with van der Waals surface area (Å²) in [6.45, 7) is 0. The van der Waals surface area contributed by atoms with E-state index in [9.17, 15) is 36.6 Å². The zero-order valence-corrected chi connectivity index (χ0v) is 7.82. The molecule has 3 nitrogen and oxygen atoms in total. The van der Waals surface area contributed by atoms with Crippen molar-refractivity contribution >= 4 is 11.8 Å². The van der Waals surface area contributed by atoms with Crippen molar-refractivity contribution in [1.29, 1.82) is 0 Å². The van der Waals surface area contributed by atoms with Gasteiger partial charge in [-0.05, 0) is 0 Å². The van der Waals surface area contributed by atoms with Crippen molar-refractivity contribution in [3.8, 4) is 0 Å². The second-order valence-corrected chi connectivity index (χ2v) is 2.92. The molecule has 0 fully saturated rings. The largest absolute Gasteiger partial charge is 0.550 e. The lowest BCUT2D eigenvalue weighted by Gasteiger charge is -2.07. The maximum absolute atomic E-state index is 12.9. The highest BCUT2D eigenvalue weighted by Crippen LogP contribution is 2.23. The number of halogens is 5. The first-order valence-electron chi connectivity index (χ1n) is 4.01. The average Bonchev–Trinajstić information content (AvgIpc) is 2.23. The number of carboxylic acids is 1. The van der Waals surface area contributed by atoms with Crippen molar-refractivity contribution in [1.82, 2.24) is 0 Å². The van der Waals surface area contributed by atoms with Gasteiger partial charge in [-0.2, -0.15) is 0 Å². The van der Waals surface area contributed by atoms with Crippen LogP contribution in [0.5, 0.6) is 0 Å². The van der Waals surface area contributed by atoms with Gasteiger partial charge in [0.25, 0.3) is 0 Å². The van der Waals surface area contributed by atoms with Gasteiger partial charge < -0.3 is 9.90 Å². The van der Waals surface area contributed by atoms with Gasteiger partial charge in [-0.3, -0.25) is 4.79 Å². The summed E-state index contributed by atoms with van der Waals surface area (Å²) in [5, 5.41) is 10.0. The van der Waals surface area contributed by atoms with E-state index in [1.54, 1.807) is 0 Å². The van der Waals surface area contributed by atoms with Gasteiger partial charge in [0, 0.05) is 5.97 Å². The van der Waals surface area contributed by atoms with Crippen LogP contribution < -0.4 is 5.11 Å². The van der Waals surface area contributed by atoms with Gasteiger partial charge in [0.05, 0.1) is 12.0 Å². The minimum absolute atomic E-state index is 1.49. The van der Waals surface area contributed by atoms with Gasteiger partial charge in [-0.25, -0.2) is 22.0 Å². The number of benzene rings is 1. The fourth-order valence-corrected chi connectivity index (χ4v) is 1.07. The third kappa shape index (κ3) is 2.24. The van der Waals surface area contributed by atoms with Crippen LogP contribution in [-0.4, -0.2) is 11.8 Å². The first-order chi connectivity index (χ1) is 7.77. The maximum atomic E-state index is 12.9. The number of carbonyl (C=O) groups excluding carboxylic acids is 2. The smallest absolute Gasteiger partial charge is 0.200 e. The lowest BCUT2D eigenvalue weighted by Crippen LogP contribution is -2.26. The van der Waals surface area contributed by atoms with E-state index in [-0.39, 0.29) is 0 Å². The highest BCUT2D eigenvalue weighted by molar-refractivity contribution is 6.05. The fraction of sp³-hybridized carbons (Fsp3) is 0.111. The molecule has 92 valence electrons. The lowest BCUT2D eigenvalue weighted by atomic mass is 10.1. The van der Waals surface area contributed by atoms with Crippen molar-refractivity contribution in [3.05, 3.63) is 34.6 Å². The minimum atomic E-state index is -2.43. The zero-order chi connectivity index (χ0) is 13.3. The van der Waals surface area contributed by atoms with Crippen LogP contribution in [0.4, 0.5) is 22.0 Å². The highest BCUT2D eigenvalue weighted by atomic mass is 19.2. The van der Waals surface area contributed by atoms with Gasteiger partial charge in [-0.15, -0.1) is 0 Å². The summed E-state index contributed by atoms with van der Waals surface area (Å²) in [6, 6.07) is 0. The second kappa shape index (κ2) is 4.48. The molecule has 0 amide bonds. The van der Waals surface area contributed by atoms with Gasteiger partial charge in [0.2, 0.25) is 5.82 Å². The molecule has 0 radical (unpaired) electrons. The Kier molecular flexibility index (Phi) is 3.45. The Bertz CT molecular complexity index is 483. The number of carboxylic acid groups (broad SMARTS) is 1. The highest BCUT2D eigenvalue weighted by Gasteiger charge is 2.29. The van der Waals surface area contributed by atoms with Crippen LogP contribution in [0.25, 0.3) is 0 Å². The van der Waals surface area contributed by atoms with Crippen LogP contribution in [0, 0.1) is 29.1 Å². The molecule has 0 N–H and O–H groups in total. The molecular weight excluding hydrogens is 251 g/mol. The third-order valence-corrected chi connectivity index (χ3v) is 1.79. The quantitative estimate of drug-likeness (QED) is 0.262. The summed E-state index contributed by atoms with van der Waals surface area (Å²) in [7, 11) is 0. The van der Waals surface area contributed by atoms with Crippen LogP contribution in [0.2, 0.25) is 0 Å². The Labute approximate surface area is 90.5 Å². The molecule has 1 aromatic rings. The number of hydrogen-bond acceptors (Lipinski definition) is 3. The first-order valence-corrected chi connectivity index (χ1v) is 4.01. The van der Waals surface area contributed by atoms with Crippen molar-refractivity contribution in [2.75, 3.05) is 0 Å². The minimum Gasteiger partial charge on any atom is -0.550 e. The molecule has 0 aliphatic heterocycles. The molecule has 0 spiro atoms. The first kappa shape index (κ1) is 13.1. The number of hydrogen-bond donors (Lipinski definition) is 0. The molecule has 0 aliphatic carbocycles. The van der Waals surface area contributed by atoms with Gasteiger partial charge in [-0.1, -0.05) is 0 Å². The summed E-state index contributed by atoms with van der Waals surface area (Å²) in [5.41, 5.74) is -1.79. The normalized spacial score (nSPS) is 10.4. The molecule has 1 rings (SSSR count). The average molecular weight is 253 g/mol. The van der Waals surface area contributed by atoms with Crippen molar-refractivity contribution in [3.63, 3.8) is 0 Å². The standard InChI is InChI=1S/C9H3F5O3/c10-5-4(2(15)1-3(16)17)6(11)8(13)9(14)7(5)12/h1H2,(H,16,17)/p-1. The SMILES string of the molecule is O=C([O-])CC(=O)c1c(F)c(F)c(F)c(F)c1F. The second-order valence-electron chi connectivity index (χ2n) is 2.92. The Morgan fingerprint density at radius 2 is 1.18 bits per heavy atom. The van der Waals surface area contributed by atoms with Crippen LogP contribution in [-0.2, 0) is 4.79 Å². The van der Waals surface area contributed by atoms with Crippen LogP contribution in [0.15, 0.2) is 0 Å². The molecular formula is C9H2F5O3-. The number of ketones is 1. The van der Waals surface area contributed by atoms with E-state index in [0.717, 1.165) is 0 Å². The van der Waals surface area contributed by atoms with Gasteiger partial charge in [0.15, 0.2) is 29.1 Å². The fourth-order valence-electron chi connectivity index (χ4n) is 1.07. The van der Waals surface area contributed by atoms with E-state index < -0.39 is 52.8 Å². The van der Waals surface area contributed by atoms with Crippen molar-refractivity contribution in [2.24, 2.45) is 0 Å². The lowest BCUT2D eigenvalue weighted by molar-refractivity contribution is -0.304. The van der Waals surface area contributed by atoms with Crippen LogP contribution in [0.1, 0.15) is 16.8 Å². The molecule has 0 aliphatic rings. The van der Waals surface area contributed by atoms with E-state index >= 15 is 0 Å². The van der Waals surface area contributed by atoms with E-state index in [2.05, 4.69) is 0 Å².